The minimum Gasteiger partial charge on any atom is -0.376 e. The fourth-order valence-corrected chi connectivity index (χ4v) is 6.73. The van der Waals surface area contributed by atoms with Crippen LogP contribution in [-0.2, 0) is 33.7 Å². The number of fused-ring (bicyclic) bond motifs is 2. The highest BCUT2D eigenvalue weighted by Gasteiger charge is 2.41. The topological polar surface area (TPSA) is 68.6 Å². The maximum Gasteiger partial charge on any atom is 0.243 e. The van der Waals surface area contributed by atoms with Gasteiger partial charge >= 0.3 is 0 Å². The summed E-state index contributed by atoms with van der Waals surface area (Å²) in [5, 5.41) is 0.965. The third-order valence-corrected chi connectivity index (χ3v) is 9.07. The summed E-state index contributed by atoms with van der Waals surface area (Å²) in [7, 11) is 0. The summed E-state index contributed by atoms with van der Waals surface area (Å²) in [4.78, 5) is 41.5. The van der Waals surface area contributed by atoms with Crippen molar-refractivity contribution in [3.05, 3.63) is 35.0 Å². The van der Waals surface area contributed by atoms with Gasteiger partial charge in [0.1, 0.15) is 12.6 Å². The molecule has 6 heteroatoms. The third-order valence-electron chi connectivity index (χ3n) is 9.07. The van der Waals surface area contributed by atoms with E-state index in [-0.39, 0.29) is 30.1 Å². The predicted octanol–water partition coefficient (Wildman–Crippen LogP) is 7.46. The van der Waals surface area contributed by atoms with Crippen molar-refractivity contribution in [2.75, 3.05) is 13.2 Å². The number of hydrogen-bond acceptors (Lipinski definition) is 4. The summed E-state index contributed by atoms with van der Waals surface area (Å²) in [5.41, 5.74) is 4.20. The number of carbonyl (C=O) groups excluding carboxylic acids is 3. The Balaban J connectivity index is 1.71. The molecule has 2 aliphatic heterocycles. The molecule has 1 aromatic carbocycles. The highest BCUT2D eigenvalue weighted by Crippen LogP contribution is 2.31. The van der Waals surface area contributed by atoms with Gasteiger partial charge in [-0.15, -0.1) is 0 Å². The lowest BCUT2D eigenvalue weighted by molar-refractivity contribution is -0.140. The first-order chi connectivity index (χ1) is 19.8. The molecule has 0 radical (unpaired) electrons. The molecule has 226 valence electrons. The summed E-state index contributed by atoms with van der Waals surface area (Å²) in [6.07, 6.45) is 16.5. The Kier molecular flexibility index (Phi) is 11.6. The number of aromatic nitrogens is 1. The summed E-state index contributed by atoms with van der Waals surface area (Å²) >= 11 is 0. The van der Waals surface area contributed by atoms with Crippen molar-refractivity contribution >= 4 is 28.4 Å². The molecule has 0 aliphatic carbocycles. The maximum atomic E-state index is 13.9. The largest absolute Gasteiger partial charge is 0.376 e. The van der Waals surface area contributed by atoms with E-state index in [0.29, 0.717) is 37.5 Å². The normalized spacial score (nSPS) is 21.9. The van der Waals surface area contributed by atoms with Crippen LogP contribution in [0.3, 0.4) is 0 Å². The minimum absolute atomic E-state index is 0.0207. The van der Waals surface area contributed by atoms with Gasteiger partial charge < -0.3 is 14.2 Å². The highest BCUT2D eigenvalue weighted by atomic mass is 16.5. The van der Waals surface area contributed by atoms with Crippen LogP contribution in [0.5, 0.6) is 0 Å². The third kappa shape index (κ3) is 8.09. The number of benzene rings is 1. The van der Waals surface area contributed by atoms with E-state index < -0.39 is 6.04 Å². The molecule has 6 nitrogen and oxygen atoms in total. The SMILES string of the molecule is CCC(=O)[C@@H]1[C@H]2CCN1C(=O)Cn1cc(C(C)=O)c3cc(CCC(C)C)cc(c31)CCCCCCCCCCCO2. The lowest BCUT2D eigenvalue weighted by Crippen LogP contribution is -2.46. The van der Waals surface area contributed by atoms with E-state index in [1.54, 1.807) is 11.8 Å². The fraction of sp³-hybridized carbons (Fsp3) is 0.686. The molecular formula is C35H52N2O4. The zero-order valence-corrected chi connectivity index (χ0v) is 26.0. The average molecular weight is 565 g/mol. The number of aryl methyl sites for hydroxylation is 2. The Morgan fingerprint density at radius 1 is 1.00 bits per heavy atom. The van der Waals surface area contributed by atoms with Gasteiger partial charge in [0.05, 0.1) is 11.6 Å². The Morgan fingerprint density at radius 3 is 2.34 bits per heavy atom. The molecule has 4 rings (SSSR count). The van der Waals surface area contributed by atoms with E-state index in [2.05, 4.69) is 26.0 Å². The van der Waals surface area contributed by atoms with Gasteiger partial charge in [-0.3, -0.25) is 14.4 Å². The number of ketones is 2. The van der Waals surface area contributed by atoms with Gasteiger partial charge in [0, 0.05) is 36.7 Å². The molecule has 2 atom stereocenters. The number of carbonyl (C=O) groups is 3. The van der Waals surface area contributed by atoms with Gasteiger partial charge in [0.2, 0.25) is 5.91 Å². The van der Waals surface area contributed by atoms with E-state index >= 15 is 0 Å². The standard InChI is InChI=1S/C35H52N2O4/c1-5-31(39)35-32-18-19-37(35)33(40)24-36-23-30(26(4)38)29-22-27(17-16-25(2)3)21-28(34(29)36)15-13-11-9-7-6-8-10-12-14-20-41-32/h21-23,25,32,35H,5-20,24H2,1-4H3/t32-,35-/m1/s1. The van der Waals surface area contributed by atoms with Gasteiger partial charge in [-0.2, -0.15) is 0 Å². The Morgan fingerprint density at radius 2 is 1.68 bits per heavy atom. The molecule has 0 saturated carbocycles. The molecule has 0 unspecified atom stereocenters. The highest BCUT2D eigenvalue weighted by molar-refractivity contribution is 6.08. The first kappa shape index (κ1) is 31.5. The van der Waals surface area contributed by atoms with Crippen molar-refractivity contribution in [2.45, 2.75) is 136 Å². The second-order valence-corrected chi connectivity index (χ2v) is 12.8. The van der Waals surface area contributed by atoms with Crippen LogP contribution in [0.25, 0.3) is 10.9 Å². The minimum atomic E-state index is -0.519. The molecule has 0 N–H and O–H groups in total. The number of hydrogen-bond donors (Lipinski definition) is 0. The number of amides is 1. The van der Waals surface area contributed by atoms with E-state index in [9.17, 15) is 14.4 Å². The molecule has 2 aromatic rings. The van der Waals surface area contributed by atoms with Gasteiger partial charge in [-0.1, -0.05) is 71.8 Å². The predicted molar refractivity (Wildman–Crippen MR) is 166 cm³/mol. The van der Waals surface area contributed by atoms with Crippen molar-refractivity contribution < 1.29 is 19.1 Å². The Labute approximate surface area is 247 Å². The van der Waals surface area contributed by atoms with Gasteiger partial charge in [0.15, 0.2) is 11.6 Å². The van der Waals surface area contributed by atoms with Gasteiger partial charge in [-0.05, 0) is 68.6 Å². The summed E-state index contributed by atoms with van der Waals surface area (Å²) in [6.45, 7) is 9.28. The van der Waals surface area contributed by atoms with Crippen LogP contribution in [0, 0.1) is 5.92 Å². The van der Waals surface area contributed by atoms with Crippen molar-refractivity contribution in [1.29, 1.82) is 0 Å². The molecule has 2 aliphatic rings. The molecule has 1 fully saturated rings. The Bertz CT molecular complexity index is 1200. The molecule has 3 heterocycles. The van der Waals surface area contributed by atoms with E-state index in [1.807, 2.05) is 17.7 Å². The second kappa shape index (κ2) is 15.1. The number of ether oxygens (including phenoxy) is 1. The van der Waals surface area contributed by atoms with Crippen LogP contribution in [-0.4, -0.2) is 52.2 Å². The van der Waals surface area contributed by atoms with Gasteiger partial charge in [0.25, 0.3) is 0 Å². The summed E-state index contributed by atoms with van der Waals surface area (Å²) < 4.78 is 8.23. The molecule has 1 aromatic heterocycles. The molecule has 2 bridgehead atoms. The van der Waals surface area contributed by atoms with Crippen LogP contribution >= 0.6 is 0 Å². The van der Waals surface area contributed by atoms with Crippen LogP contribution in [0.2, 0.25) is 0 Å². The number of Topliss-reactive ketones (excluding diaryl/α,β-unsaturated/α-hetero) is 2. The lowest BCUT2D eigenvalue weighted by atomic mass is 9.95. The second-order valence-electron chi connectivity index (χ2n) is 12.8. The van der Waals surface area contributed by atoms with E-state index in [4.69, 9.17) is 4.74 Å². The maximum absolute atomic E-state index is 13.9. The van der Waals surface area contributed by atoms with E-state index in [1.165, 1.54) is 49.7 Å². The van der Waals surface area contributed by atoms with Crippen molar-refractivity contribution in [2.24, 2.45) is 5.92 Å². The average Bonchev–Trinajstić information content (AvgIpc) is 3.53. The molecule has 41 heavy (non-hydrogen) atoms. The molecule has 1 amide bonds. The van der Waals surface area contributed by atoms with Crippen molar-refractivity contribution in [3.8, 4) is 0 Å². The van der Waals surface area contributed by atoms with Crippen LogP contribution < -0.4 is 0 Å². The quantitative estimate of drug-likeness (QED) is 0.342. The monoisotopic (exact) mass is 564 g/mol. The molecule has 0 spiro atoms. The zero-order chi connectivity index (χ0) is 29.4. The van der Waals surface area contributed by atoms with Crippen molar-refractivity contribution in [3.63, 3.8) is 0 Å². The van der Waals surface area contributed by atoms with E-state index in [0.717, 1.165) is 49.4 Å². The molecule has 1 saturated heterocycles. The number of nitrogens with zero attached hydrogens (tertiary/aromatic N) is 2. The fourth-order valence-electron chi connectivity index (χ4n) is 6.73. The van der Waals surface area contributed by atoms with Crippen LogP contribution in [0.1, 0.15) is 126 Å². The Hall–Kier alpha value is -2.47. The summed E-state index contributed by atoms with van der Waals surface area (Å²) in [5.74, 6) is 0.628. The van der Waals surface area contributed by atoms with Crippen LogP contribution in [0.4, 0.5) is 0 Å². The summed E-state index contributed by atoms with van der Waals surface area (Å²) in [6, 6.07) is 3.99. The lowest BCUT2D eigenvalue weighted by Gasteiger charge is -2.27. The first-order valence-corrected chi connectivity index (χ1v) is 16.4. The van der Waals surface area contributed by atoms with Crippen LogP contribution in [0.15, 0.2) is 18.3 Å². The zero-order valence-electron chi connectivity index (χ0n) is 26.0. The molecular weight excluding hydrogens is 512 g/mol. The smallest absolute Gasteiger partial charge is 0.243 e. The van der Waals surface area contributed by atoms with Gasteiger partial charge in [-0.25, -0.2) is 0 Å². The van der Waals surface area contributed by atoms with Crippen molar-refractivity contribution in [1.82, 2.24) is 9.47 Å². The number of rotatable bonds is 6. The first-order valence-electron chi connectivity index (χ1n) is 16.4.